The lowest BCUT2D eigenvalue weighted by Crippen LogP contribution is -2.66. The first-order chi connectivity index (χ1) is 9.16. The van der Waals surface area contributed by atoms with E-state index < -0.39 is 42.4 Å². The van der Waals surface area contributed by atoms with Crippen LogP contribution in [0.5, 0.6) is 0 Å². The van der Waals surface area contributed by atoms with E-state index in [1.807, 2.05) is 0 Å². The van der Waals surface area contributed by atoms with E-state index in [1.54, 1.807) is 0 Å². The van der Waals surface area contributed by atoms with Crippen molar-refractivity contribution in [3.8, 4) is 0 Å². The molecule has 0 fully saturated rings. The second kappa shape index (κ2) is 5.94. The monoisotopic (exact) mass is 518 g/mol. The molecule has 0 atom stereocenters. The number of halogens is 10. The zero-order valence-electron chi connectivity index (χ0n) is 9.05. The van der Waals surface area contributed by atoms with E-state index >= 15 is 0 Å². The van der Waals surface area contributed by atoms with E-state index in [0.717, 1.165) is 0 Å². The molecule has 0 aromatic carbocycles. The summed E-state index contributed by atoms with van der Waals surface area (Å²) in [6, 6.07) is 0. The van der Waals surface area contributed by atoms with Gasteiger partial charge in [0.2, 0.25) is 3.23 Å². The van der Waals surface area contributed by atoms with Gasteiger partial charge in [-0.15, -0.1) is 0 Å². The topological polar surface area (TPSA) is 86.7 Å². The summed E-state index contributed by atoms with van der Waals surface area (Å²) in [6.07, 6.45) is -13.0. The summed E-state index contributed by atoms with van der Waals surface area (Å²) in [7, 11) is -13.8. The molecular weight excluding hydrogens is 520 g/mol. The van der Waals surface area contributed by atoms with E-state index in [2.05, 4.69) is 8.37 Å². The summed E-state index contributed by atoms with van der Waals surface area (Å²) in [5.74, 6) is -5.93. The maximum absolute atomic E-state index is 12.8. The minimum absolute atomic E-state index is 1.23. The Bertz CT molecular complexity index is 586. The molecule has 0 heterocycles. The van der Waals surface area contributed by atoms with Crippen LogP contribution in [-0.2, 0) is 29.4 Å². The SMILES string of the molecule is O=S(=O)(F)OC(OS(=O)(=O)F)(C(F)(F)F)C(Br)(Br)C(F)(F)F. The Morgan fingerprint density at radius 2 is 0.955 bits per heavy atom. The smallest absolute Gasteiger partial charge is 0.195 e. The summed E-state index contributed by atoms with van der Waals surface area (Å²) in [5, 5.41) is 0. The van der Waals surface area contributed by atoms with Crippen LogP contribution in [0.4, 0.5) is 34.1 Å². The van der Waals surface area contributed by atoms with Crippen molar-refractivity contribution in [3.63, 3.8) is 0 Å². The van der Waals surface area contributed by atoms with Crippen molar-refractivity contribution < 1.29 is 59.3 Å². The first kappa shape index (κ1) is 22.2. The molecule has 0 saturated carbocycles. The number of hydrogen-bond donors (Lipinski definition) is 0. The van der Waals surface area contributed by atoms with Gasteiger partial charge < -0.3 is 0 Å². The Labute approximate surface area is 133 Å². The predicted molar refractivity (Wildman–Crippen MR) is 57.7 cm³/mol. The molecule has 0 aromatic heterocycles. The van der Waals surface area contributed by atoms with Gasteiger partial charge in [-0.1, -0.05) is 39.6 Å². The Morgan fingerprint density at radius 1 is 0.682 bits per heavy atom. The quantitative estimate of drug-likeness (QED) is 0.240. The van der Waals surface area contributed by atoms with Crippen molar-refractivity contribution in [2.75, 3.05) is 0 Å². The maximum Gasteiger partial charge on any atom is 0.448 e. The molecule has 0 N–H and O–H groups in total. The minimum Gasteiger partial charge on any atom is -0.195 e. The van der Waals surface area contributed by atoms with Gasteiger partial charge in [0.25, 0.3) is 0 Å². The molecule has 134 valence electrons. The third-order valence-corrected chi connectivity index (χ3v) is 4.39. The Balaban J connectivity index is 6.73. The number of rotatable bonds is 5. The minimum atomic E-state index is -6.92. The third kappa shape index (κ3) is 4.86. The molecule has 22 heavy (non-hydrogen) atoms. The molecule has 18 heteroatoms. The van der Waals surface area contributed by atoms with Crippen molar-refractivity contribution in [1.29, 1.82) is 0 Å². The first-order valence-corrected chi connectivity index (χ1v) is 8.18. The summed E-state index contributed by atoms with van der Waals surface area (Å²) in [6.45, 7) is 0. The number of hydrogen-bond acceptors (Lipinski definition) is 6. The molecule has 0 rings (SSSR count). The lowest BCUT2D eigenvalue weighted by atomic mass is 10.2. The molecule has 0 aliphatic carbocycles. The van der Waals surface area contributed by atoms with Crippen LogP contribution >= 0.6 is 31.9 Å². The van der Waals surface area contributed by atoms with Crippen molar-refractivity contribution >= 4 is 52.9 Å². The van der Waals surface area contributed by atoms with Gasteiger partial charge in [-0.05, 0) is 0 Å². The summed E-state index contributed by atoms with van der Waals surface area (Å²) in [4.78, 5) is 0. The standard InChI is InChI=1S/C4Br2F8O6S2/c5-1(6,3(7,8)9)2(4(10,11)12,19-21(13,15)16)20-22(14,17)18. The summed E-state index contributed by atoms with van der Waals surface area (Å²) < 4.78 is 142. The van der Waals surface area contributed by atoms with E-state index in [-0.39, 0.29) is 0 Å². The highest BCUT2D eigenvalue weighted by molar-refractivity contribution is 9.25. The lowest BCUT2D eigenvalue weighted by Gasteiger charge is -2.40. The fourth-order valence-corrected chi connectivity index (χ4v) is 3.17. The Hall–Kier alpha value is 0.220. The van der Waals surface area contributed by atoms with Crippen molar-refractivity contribution in [1.82, 2.24) is 0 Å². The van der Waals surface area contributed by atoms with Gasteiger partial charge in [-0.3, -0.25) is 0 Å². The van der Waals surface area contributed by atoms with Gasteiger partial charge >= 0.3 is 39.1 Å². The molecule has 0 bridgehead atoms. The molecule has 0 unspecified atom stereocenters. The molecule has 0 aromatic rings. The van der Waals surface area contributed by atoms with Gasteiger partial charge in [0, 0.05) is 0 Å². The predicted octanol–water partition coefficient (Wildman–Crippen LogP) is 2.76. The fraction of sp³-hybridized carbons (Fsp3) is 1.00. The number of alkyl halides is 8. The average molecular weight is 520 g/mol. The third-order valence-electron chi connectivity index (χ3n) is 1.58. The van der Waals surface area contributed by atoms with E-state index in [9.17, 15) is 50.9 Å². The van der Waals surface area contributed by atoms with Crippen LogP contribution in [-0.4, -0.2) is 38.2 Å². The highest BCUT2D eigenvalue weighted by atomic mass is 79.9. The molecule has 0 radical (unpaired) electrons. The normalized spacial score (nSPS) is 15.9. The van der Waals surface area contributed by atoms with Crippen LogP contribution in [0, 0.1) is 0 Å². The van der Waals surface area contributed by atoms with Gasteiger partial charge in [0.1, 0.15) is 0 Å². The molecule has 0 spiro atoms. The highest BCUT2D eigenvalue weighted by Gasteiger charge is 2.81. The molecule has 0 saturated heterocycles. The van der Waals surface area contributed by atoms with Crippen molar-refractivity contribution in [2.45, 2.75) is 21.4 Å². The van der Waals surface area contributed by atoms with Gasteiger partial charge in [0.15, 0.2) is 0 Å². The van der Waals surface area contributed by atoms with Crippen LogP contribution in [0.3, 0.4) is 0 Å². The highest BCUT2D eigenvalue weighted by Crippen LogP contribution is 2.59. The molecule has 0 aliphatic rings. The maximum atomic E-state index is 12.8. The van der Waals surface area contributed by atoms with Crippen molar-refractivity contribution in [3.05, 3.63) is 0 Å². The van der Waals surface area contributed by atoms with E-state index in [1.165, 1.54) is 31.9 Å². The molecule has 0 amide bonds. The fourth-order valence-electron chi connectivity index (χ4n) is 0.858. The zero-order valence-corrected chi connectivity index (χ0v) is 13.9. The van der Waals surface area contributed by atoms with E-state index in [0.29, 0.717) is 0 Å². The molecule has 0 aliphatic heterocycles. The molecule has 6 nitrogen and oxygen atoms in total. The second-order valence-electron chi connectivity index (χ2n) is 3.14. The van der Waals surface area contributed by atoms with Gasteiger partial charge in [-0.25, -0.2) is 0 Å². The van der Waals surface area contributed by atoms with Crippen LogP contribution in [0.1, 0.15) is 0 Å². The van der Waals surface area contributed by atoms with Gasteiger partial charge in [-0.2, -0.15) is 51.5 Å². The second-order valence-corrected chi connectivity index (χ2v) is 8.49. The zero-order chi connectivity index (χ0) is 18.4. The van der Waals surface area contributed by atoms with Crippen LogP contribution in [0.2, 0.25) is 0 Å². The van der Waals surface area contributed by atoms with E-state index in [4.69, 9.17) is 0 Å². The Kier molecular flexibility index (Phi) is 6.00. The largest absolute Gasteiger partial charge is 0.448 e. The Morgan fingerprint density at radius 3 is 1.09 bits per heavy atom. The van der Waals surface area contributed by atoms with Crippen LogP contribution < -0.4 is 0 Å². The molecular formula is C4Br2F8O6S2. The van der Waals surface area contributed by atoms with Crippen LogP contribution in [0.25, 0.3) is 0 Å². The average Bonchev–Trinajstić information content (AvgIpc) is 2.07. The summed E-state index contributed by atoms with van der Waals surface area (Å²) in [5.41, 5.74) is 0. The van der Waals surface area contributed by atoms with Crippen LogP contribution in [0.15, 0.2) is 0 Å². The summed E-state index contributed by atoms with van der Waals surface area (Å²) >= 11 is 2.45. The van der Waals surface area contributed by atoms with Crippen molar-refractivity contribution in [2.24, 2.45) is 0 Å². The lowest BCUT2D eigenvalue weighted by molar-refractivity contribution is -0.348. The van der Waals surface area contributed by atoms with Gasteiger partial charge in [0.05, 0.1) is 0 Å². The first-order valence-electron chi connectivity index (χ1n) is 3.98.